The zero-order valence-electron chi connectivity index (χ0n) is 15.5. The largest absolute Gasteiger partial charge is 0.340 e. The van der Waals surface area contributed by atoms with Crippen molar-refractivity contribution in [2.75, 3.05) is 39.3 Å². The Balaban J connectivity index is 1.60. The summed E-state index contributed by atoms with van der Waals surface area (Å²) >= 11 is 0. The van der Waals surface area contributed by atoms with Gasteiger partial charge in [-0.25, -0.2) is 8.42 Å². The lowest BCUT2D eigenvalue weighted by molar-refractivity contribution is -0.137. The Bertz CT molecular complexity index is 704. The molecule has 1 amide bonds. The number of nitrogens with one attached hydrogen (secondary N) is 1. The molecular weight excluding hydrogens is 350 g/mol. The Morgan fingerprint density at radius 1 is 1.15 bits per heavy atom. The first-order chi connectivity index (χ1) is 12.5. The average molecular weight is 380 g/mol. The van der Waals surface area contributed by atoms with Crippen molar-refractivity contribution in [3.63, 3.8) is 0 Å². The minimum atomic E-state index is -3.48. The van der Waals surface area contributed by atoms with Crippen LogP contribution in [0.3, 0.4) is 0 Å². The fourth-order valence-corrected chi connectivity index (χ4v) is 5.16. The van der Waals surface area contributed by atoms with Crippen LogP contribution in [0.25, 0.3) is 0 Å². The summed E-state index contributed by atoms with van der Waals surface area (Å²) in [5.74, 6) is 0.205. The first-order valence-electron chi connectivity index (χ1n) is 9.61. The molecule has 2 fully saturated rings. The van der Waals surface area contributed by atoms with E-state index in [0.717, 1.165) is 44.3 Å². The highest BCUT2D eigenvalue weighted by Gasteiger charge is 2.32. The molecular formula is C19H29N3O3S. The Labute approximate surface area is 156 Å². The van der Waals surface area contributed by atoms with Gasteiger partial charge in [0, 0.05) is 32.7 Å². The van der Waals surface area contributed by atoms with Crippen LogP contribution in [-0.2, 0) is 21.2 Å². The number of piperidine rings is 1. The van der Waals surface area contributed by atoms with Crippen molar-refractivity contribution in [2.24, 2.45) is 5.92 Å². The van der Waals surface area contributed by atoms with Gasteiger partial charge in [0.05, 0.1) is 10.8 Å². The molecule has 0 bridgehead atoms. The molecule has 0 saturated carbocycles. The number of carbonyl (C=O) groups excluding carboxylic acids is 1. The third kappa shape index (κ3) is 4.27. The van der Waals surface area contributed by atoms with Gasteiger partial charge in [-0.3, -0.25) is 4.79 Å². The molecule has 0 spiro atoms. The van der Waals surface area contributed by atoms with E-state index in [-0.39, 0.29) is 11.8 Å². The van der Waals surface area contributed by atoms with E-state index in [4.69, 9.17) is 0 Å². The maximum Gasteiger partial charge on any atom is 0.243 e. The highest BCUT2D eigenvalue weighted by atomic mass is 32.2. The maximum atomic E-state index is 12.8. The summed E-state index contributed by atoms with van der Waals surface area (Å²) in [7, 11) is -3.48. The van der Waals surface area contributed by atoms with E-state index in [9.17, 15) is 13.2 Å². The summed E-state index contributed by atoms with van der Waals surface area (Å²) in [6.45, 7) is 5.50. The normalized spacial score (nSPS) is 22.3. The highest BCUT2D eigenvalue weighted by Crippen LogP contribution is 2.20. The zero-order chi connectivity index (χ0) is 18.6. The predicted octanol–water partition coefficient (Wildman–Crippen LogP) is 1.47. The second-order valence-corrected chi connectivity index (χ2v) is 9.10. The number of rotatable bonds is 5. The quantitative estimate of drug-likeness (QED) is 0.841. The van der Waals surface area contributed by atoms with Crippen molar-refractivity contribution >= 4 is 15.9 Å². The molecule has 1 aromatic rings. The van der Waals surface area contributed by atoms with Gasteiger partial charge in [0.1, 0.15) is 0 Å². The minimum Gasteiger partial charge on any atom is -0.340 e. The number of carbonyl (C=O) groups is 1. The maximum absolute atomic E-state index is 12.8. The number of nitrogens with zero attached hydrogens (tertiary/aromatic N) is 2. The first-order valence-corrected chi connectivity index (χ1v) is 11.0. The monoisotopic (exact) mass is 379 g/mol. The van der Waals surface area contributed by atoms with Gasteiger partial charge in [0.15, 0.2) is 0 Å². The van der Waals surface area contributed by atoms with Crippen LogP contribution in [0.2, 0.25) is 0 Å². The minimum absolute atomic E-state index is 0.0398. The van der Waals surface area contributed by atoms with Gasteiger partial charge in [-0.15, -0.1) is 0 Å². The summed E-state index contributed by atoms with van der Waals surface area (Å²) in [6.07, 6.45) is 3.95. The lowest BCUT2D eigenvalue weighted by Gasteiger charge is -2.36. The number of hydrogen-bond acceptors (Lipinski definition) is 4. The number of aryl methyl sites for hydroxylation is 1. The van der Waals surface area contributed by atoms with Crippen LogP contribution in [-0.4, -0.2) is 62.8 Å². The standard InChI is InChI=1S/C19H29N3O3S/c1-2-4-16-6-8-18(9-7-16)26(24,25)22-13-11-21(12-14-22)19(23)17-5-3-10-20-15-17/h6-9,17,20H,2-5,10-15H2,1H3. The smallest absolute Gasteiger partial charge is 0.243 e. The first kappa shape index (κ1) is 19.3. The van der Waals surface area contributed by atoms with Gasteiger partial charge >= 0.3 is 0 Å². The van der Waals surface area contributed by atoms with Crippen LogP contribution < -0.4 is 5.32 Å². The molecule has 1 N–H and O–H groups in total. The van der Waals surface area contributed by atoms with E-state index >= 15 is 0 Å². The fourth-order valence-electron chi connectivity index (χ4n) is 3.74. The van der Waals surface area contributed by atoms with Crippen LogP contribution >= 0.6 is 0 Å². The average Bonchev–Trinajstić information content (AvgIpc) is 2.69. The van der Waals surface area contributed by atoms with Crippen LogP contribution in [0.15, 0.2) is 29.2 Å². The van der Waals surface area contributed by atoms with Gasteiger partial charge in [0.2, 0.25) is 15.9 Å². The lowest BCUT2D eigenvalue weighted by Crippen LogP contribution is -2.53. The lowest BCUT2D eigenvalue weighted by atomic mass is 9.98. The molecule has 144 valence electrons. The topological polar surface area (TPSA) is 69.7 Å². The molecule has 1 aromatic carbocycles. The molecule has 0 aromatic heterocycles. The molecule has 2 saturated heterocycles. The van der Waals surface area contributed by atoms with Crippen LogP contribution in [0.1, 0.15) is 31.7 Å². The summed E-state index contributed by atoms with van der Waals surface area (Å²) in [6, 6.07) is 7.19. The molecule has 2 aliphatic heterocycles. The van der Waals surface area contributed by atoms with E-state index < -0.39 is 10.0 Å². The predicted molar refractivity (Wildman–Crippen MR) is 101 cm³/mol. The summed E-state index contributed by atoms with van der Waals surface area (Å²) in [4.78, 5) is 14.8. The van der Waals surface area contributed by atoms with E-state index in [1.807, 2.05) is 17.0 Å². The molecule has 0 radical (unpaired) electrons. The SMILES string of the molecule is CCCc1ccc(S(=O)(=O)N2CCN(C(=O)C3CCCNC3)CC2)cc1. The van der Waals surface area contributed by atoms with Gasteiger partial charge in [0.25, 0.3) is 0 Å². The molecule has 1 atom stereocenters. The number of sulfonamides is 1. The number of benzene rings is 1. The third-order valence-corrected chi connectivity index (χ3v) is 7.21. The second-order valence-electron chi connectivity index (χ2n) is 7.17. The number of piperazine rings is 1. The van der Waals surface area contributed by atoms with Crippen molar-refractivity contribution in [3.05, 3.63) is 29.8 Å². The molecule has 6 nitrogen and oxygen atoms in total. The Hall–Kier alpha value is -1.44. The number of amides is 1. The van der Waals surface area contributed by atoms with Crippen molar-refractivity contribution in [2.45, 2.75) is 37.5 Å². The van der Waals surface area contributed by atoms with Crippen LogP contribution in [0.5, 0.6) is 0 Å². The second kappa shape index (κ2) is 8.50. The van der Waals surface area contributed by atoms with E-state index in [2.05, 4.69) is 12.2 Å². The van der Waals surface area contributed by atoms with E-state index in [1.165, 1.54) is 4.31 Å². The molecule has 1 unspecified atom stereocenters. The summed E-state index contributed by atoms with van der Waals surface area (Å²) in [5, 5.41) is 3.27. The van der Waals surface area contributed by atoms with Gasteiger partial charge in [-0.1, -0.05) is 25.5 Å². The fraction of sp³-hybridized carbons (Fsp3) is 0.632. The van der Waals surface area contributed by atoms with Crippen molar-refractivity contribution in [1.29, 1.82) is 0 Å². The van der Waals surface area contributed by atoms with Crippen molar-refractivity contribution in [1.82, 2.24) is 14.5 Å². The Morgan fingerprint density at radius 3 is 2.42 bits per heavy atom. The van der Waals surface area contributed by atoms with Crippen molar-refractivity contribution < 1.29 is 13.2 Å². The Morgan fingerprint density at radius 2 is 1.85 bits per heavy atom. The molecule has 2 heterocycles. The van der Waals surface area contributed by atoms with Crippen LogP contribution in [0.4, 0.5) is 0 Å². The van der Waals surface area contributed by atoms with E-state index in [0.29, 0.717) is 31.1 Å². The summed E-state index contributed by atoms with van der Waals surface area (Å²) < 4.78 is 27.2. The highest BCUT2D eigenvalue weighted by molar-refractivity contribution is 7.89. The van der Waals surface area contributed by atoms with Gasteiger partial charge in [-0.05, 0) is 43.5 Å². The van der Waals surface area contributed by atoms with E-state index in [1.54, 1.807) is 12.1 Å². The van der Waals surface area contributed by atoms with Crippen LogP contribution in [0, 0.1) is 5.92 Å². The molecule has 3 rings (SSSR count). The molecule has 0 aliphatic carbocycles. The summed E-state index contributed by atoms with van der Waals surface area (Å²) in [5.41, 5.74) is 1.16. The number of hydrogen-bond donors (Lipinski definition) is 1. The van der Waals surface area contributed by atoms with Gasteiger partial charge in [-0.2, -0.15) is 4.31 Å². The third-order valence-electron chi connectivity index (χ3n) is 5.30. The molecule has 7 heteroatoms. The van der Waals surface area contributed by atoms with Gasteiger partial charge < -0.3 is 10.2 Å². The molecule has 26 heavy (non-hydrogen) atoms. The Kier molecular flexibility index (Phi) is 6.32. The van der Waals surface area contributed by atoms with Crippen molar-refractivity contribution in [3.8, 4) is 0 Å². The molecule has 2 aliphatic rings. The zero-order valence-corrected chi connectivity index (χ0v) is 16.3.